The first-order chi connectivity index (χ1) is 9.79. The third-order valence-electron chi connectivity index (χ3n) is 3.27. The number of halogens is 1. The second-order valence-corrected chi connectivity index (χ2v) is 6.30. The third kappa shape index (κ3) is 3.68. The van der Waals surface area contributed by atoms with Gasteiger partial charge in [-0.05, 0) is 30.2 Å². The van der Waals surface area contributed by atoms with Gasteiger partial charge in [0, 0.05) is 17.2 Å². The van der Waals surface area contributed by atoms with Gasteiger partial charge >= 0.3 is 0 Å². The SMILES string of the molecule is Clc1ccc(CC2CSC(OC3C=CC=CC3)=N2)cc1. The Bertz CT molecular complexity index is 550. The van der Waals surface area contributed by atoms with Crippen molar-refractivity contribution in [3.05, 3.63) is 59.2 Å². The zero-order valence-corrected chi connectivity index (χ0v) is 12.6. The lowest BCUT2D eigenvalue weighted by molar-refractivity contribution is 0.245. The molecule has 2 atom stereocenters. The number of ether oxygens (including phenoxy) is 1. The van der Waals surface area contributed by atoms with Gasteiger partial charge in [0.25, 0.3) is 0 Å². The molecule has 4 heteroatoms. The molecule has 0 N–H and O–H groups in total. The number of thioether (sulfide) groups is 1. The number of rotatable bonds is 3. The summed E-state index contributed by atoms with van der Waals surface area (Å²) in [5.74, 6) is 0.990. The van der Waals surface area contributed by atoms with E-state index < -0.39 is 0 Å². The maximum atomic E-state index is 5.90. The molecule has 0 saturated carbocycles. The Kier molecular flexibility index (Phi) is 4.48. The molecule has 3 rings (SSSR count). The predicted octanol–water partition coefficient (Wildman–Crippen LogP) is 4.26. The fraction of sp³-hybridized carbons (Fsp3) is 0.312. The second kappa shape index (κ2) is 6.51. The molecular weight excluding hydrogens is 290 g/mol. The summed E-state index contributed by atoms with van der Waals surface area (Å²) in [6.07, 6.45) is 10.3. The summed E-state index contributed by atoms with van der Waals surface area (Å²) in [5, 5.41) is 1.60. The van der Waals surface area contributed by atoms with E-state index in [0.29, 0.717) is 6.04 Å². The van der Waals surface area contributed by atoms with Crippen LogP contribution >= 0.6 is 23.4 Å². The van der Waals surface area contributed by atoms with Crippen LogP contribution in [0, 0.1) is 0 Å². The number of hydrogen-bond donors (Lipinski definition) is 0. The fourth-order valence-corrected chi connectivity index (χ4v) is 3.30. The van der Waals surface area contributed by atoms with Gasteiger partial charge < -0.3 is 4.74 Å². The van der Waals surface area contributed by atoms with Crippen LogP contribution in [0.1, 0.15) is 12.0 Å². The zero-order chi connectivity index (χ0) is 13.8. The Hall–Kier alpha value is -1.19. The minimum atomic E-state index is 0.139. The molecular formula is C16H16ClNOS. The summed E-state index contributed by atoms with van der Waals surface area (Å²) in [6, 6.07) is 8.30. The summed E-state index contributed by atoms with van der Waals surface area (Å²) in [7, 11) is 0. The van der Waals surface area contributed by atoms with Gasteiger partial charge in [0.2, 0.25) is 5.23 Å². The van der Waals surface area contributed by atoms with Gasteiger partial charge in [-0.3, -0.25) is 0 Å². The van der Waals surface area contributed by atoms with E-state index in [1.807, 2.05) is 24.3 Å². The number of aliphatic imine (C=N–C) groups is 1. The Morgan fingerprint density at radius 3 is 2.85 bits per heavy atom. The van der Waals surface area contributed by atoms with Gasteiger partial charge in [0.05, 0.1) is 6.04 Å². The van der Waals surface area contributed by atoms with E-state index in [2.05, 4.69) is 29.3 Å². The first kappa shape index (κ1) is 13.8. The lowest BCUT2D eigenvalue weighted by Gasteiger charge is -2.14. The maximum Gasteiger partial charge on any atom is 0.246 e. The van der Waals surface area contributed by atoms with Gasteiger partial charge in [0.15, 0.2) is 0 Å². The van der Waals surface area contributed by atoms with Crippen LogP contribution in [0.4, 0.5) is 0 Å². The molecule has 0 spiro atoms. The number of allylic oxidation sites excluding steroid dienone is 2. The normalized spacial score (nSPS) is 24.8. The van der Waals surface area contributed by atoms with Crippen molar-refractivity contribution in [1.82, 2.24) is 0 Å². The highest BCUT2D eigenvalue weighted by Gasteiger charge is 2.21. The van der Waals surface area contributed by atoms with Crippen LogP contribution in [-0.2, 0) is 11.2 Å². The van der Waals surface area contributed by atoms with Crippen molar-refractivity contribution in [2.24, 2.45) is 4.99 Å². The van der Waals surface area contributed by atoms with Crippen molar-refractivity contribution < 1.29 is 4.74 Å². The molecule has 20 heavy (non-hydrogen) atoms. The molecule has 0 bridgehead atoms. The summed E-state index contributed by atoms with van der Waals surface area (Å²) >= 11 is 7.61. The van der Waals surface area contributed by atoms with E-state index in [1.165, 1.54) is 5.56 Å². The Morgan fingerprint density at radius 1 is 1.25 bits per heavy atom. The molecule has 1 aliphatic carbocycles. The van der Waals surface area contributed by atoms with Crippen LogP contribution in [0.25, 0.3) is 0 Å². The maximum absolute atomic E-state index is 5.90. The standard InChI is InChI=1S/C16H16ClNOS/c17-13-8-6-12(7-9-13)10-14-11-20-16(18-14)19-15-4-2-1-3-5-15/h1-4,6-9,14-15H,5,10-11H2. The summed E-state index contributed by atoms with van der Waals surface area (Å²) in [6.45, 7) is 0. The molecule has 104 valence electrons. The van der Waals surface area contributed by atoms with E-state index in [-0.39, 0.29) is 6.10 Å². The highest BCUT2D eigenvalue weighted by Crippen LogP contribution is 2.24. The molecule has 1 aliphatic heterocycles. The molecule has 0 saturated heterocycles. The van der Waals surface area contributed by atoms with Crippen molar-refractivity contribution in [3.63, 3.8) is 0 Å². The highest BCUT2D eigenvalue weighted by molar-refractivity contribution is 8.13. The molecule has 1 heterocycles. The van der Waals surface area contributed by atoms with E-state index in [9.17, 15) is 0 Å². The Balaban J connectivity index is 1.56. The van der Waals surface area contributed by atoms with E-state index >= 15 is 0 Å². The molecule has 0 fully saturated rings. The molecule has 1 aromatic carbocycles. The van der Waals surface area contributed by atoms with Crippen molar-refractivity contribution in [2.75, 3.05) is 5.75 Å². The average Bonchev–Trinajstić information content (AvgIpc) is 2.90. The first-order valence-corrected chi connectivity index (χ1v) is 8.11. The second-order valence-electron chi connectivity index (χ2n) is 4.90. The third-order valence-corrected chi connectivity index (χ3v) is 4.52. The lowest BCUT2D eigenvalue weighted by atomic mass is 10.1. The zero-order valence-electron chi connectivity index (χ0n) is 11.0. The van der Waals surface area contributed by atoms with Gasteiger partial charge in [0.1, 0.15) is 6.10 Å². The van der Waals surface area contributed by atoms with Crippen LogP contribution in [0.2, 0.25) is 5.02 Å². The number of benzene rings is 1. The quantitative estimate of drug-likeness (QED) is 0.832. The van der Waals surface area contributed by atoms with Crippen molar-refractivity contribution in [3.8, 4) is 0 Å². The highest BCUT2D eigenvalue weighted by atomic mass is 35.5. The van der Waals surface area contributed by atoms with E-state index in [1.54, 1.807) is 11.8 Å². The van der Waals surface area contributed by atoms with Crippen LogP contribution in [0.5, 0.6) is 0 Å². The summed E-state index contributed by atoms with van der Waals surface area (Å²) in [5.41, 5.74) is 1.27. The summed E-state index contributed by atoms with van der Waals surface area (Å²) < 4.78 is 5.89. The van der Waals surface area contributed by atoms with Gasteiger partial charge in [-0.1, -0.05) is 53.7 Å². The van der Waals surface area contributed by atoms with Crippen molar-refractivity contribution in [1.29, 1.82) is 0 Å². The molecule has 0 amide bonds. The topological polar surface area (TPSA) is 21.6 Å². The predicted molar refractivity (Wildman–Crippen MR) is 86.6 cm³/mol. The average molecular weight is 306 g/mol. The number of nitrogens with zero attached hydrogens (tertiary/aromatic N) is 1. The minimum Gasteiger partial charge on any atom is -0.465 e. The first-order valence-electron chi connectivity index (χ1n) is 6.74. The Morgan fingerprint density at radius 2 is 2.10 bits per heavy atom. The van der Waals surface area contributed by atoms with Gasteiger partial charge in [-0.2, -0.15) is 0 Å². The van der Waals surface area contributed by atoms with E-state index in [4.69, 9.17) is 16.3 Å². The summed E-state index contributed by atoms with van der Waals surface area (Å²) in [4.78, 5) is 4.67. The van der Waals surface area contributed by atoms with Crippen molar-refractivity contribution in [2.45, 2.75) is 25.0 Å². The molecule has 1 aromatic rings. The Labute approximate surface area is 128 Å². The van der Waals surface area contributed by atoms with Crippen LogP contribution in [0.3, 0.4) is 0 Å². The molecule has 0 aromatic heterocycles. The molecule has 2 unspecified atom stereocenters. The van der Waals surface area contributed by atoms with E-state index in [0.717, 1.165) is 28.8 Å². The largest absolute Gasteiger partial charge is 0.465 e. The molecule has 0 radical (unpaired) electrons. The number of hydrogen-bond acceptors (Lipinski definition) is 3. The molecule has 2 aliphatic rings. The minimum absolute atomic E-state index is 0.139. The van der Waals surface area contributed by atoms with Gasteiger partial charge in [-0.25, -0.2) is 4.99 Å². The monoisotopic (exact) mass is 305 g/mol. The lowest BCUT2D eigenvalue weighted by Crippen LogP contribution is -2.13. The smallest absolute Gasteiger partial charge is 0.246 e. The van der Waals surface area contributed by atoms with Crippen LogP contribution < -0.4 is 0 Å². The van der Waals surface area contributed by atoms with Crippen LogP contribution in [-0.4, -0.2) is 23.1 Å². The molecule has 2 nitrogen and oxygen atoms in total. The fourth-order valence-electron chi connectivity index (χ4n) is 2.23. The van der Waals surface area contributed by atoms with Gasteiger partial charge in [-0.15, -0.1) is 0 Å². The van der Waals surface area contributed by atoms with Crippen molar-refractivity contribution >= 4 is 28.6 Å². The van der Waals surface area contributed by atoms with Crippen LogP contribution in [0.15, 0.2) is 53.6 Å².